The third-order valence-electron chi connectivity index (χ3n) is 6.27. The summed E-state index contributed by atoms with van der Waals surface area (Å²) in [6.45, 7) is 9.07. The van der Waals surface area contributed by atoms with Gasteiger partial charge in [0.15, 0.2) is 0 Å². The molecule has 3 atom stereocenters. The lowest BCUT2D eigenvalue weighted by molar-refractivity contribution is 0.0341. The zero-order chi connectivity index (χ0) is 27.3. The monoisotopic (exact) mass is 550 g/mol. The number of amides is 3. The van der Waals surface area contributed by atoms with Crippen molar-refractivity contribution in [3.63, 3.8) is 0 Å². The maximum Gasteiger partial charge on any atom is 0.319 e. The molecule has 0 radical (unpaired) electrons. The number of fused-ring (bicyclic) bond motifs is 1. The molecule has 3 N–H and O–H groups in total. The fourth-order valence-corrected chi connectivity index (χ4v) is 4.59. The van der Waals surface area contributed by atoms with Gasteiger partial charge in [-0.25, -0.2) is 4.79 Å². The molecule has 202 valence electrons. The van der Waals surface area contributed by atoms with Gasteiger partial charge in [-0.1, -0.05) is 36.2 Å². The van der Waals surface area contributed by atoms with E-state index in [-0.39, 0.29) is 42.7 Å². The predicted octanol–water partition coefficient (Wildman–Crippen LogP) is 4.88. The first-order valence-electron chi connectivity index (χ1n) is 12.4. The minimum Gasteiger partial charge on any atom is -0.488 e. The van der Waals surface area contributed by atoms with E-state index in [0.717, 1.165) is 5.56 Å². The van der Waals surface area contributed by atoms with E-state index in [4.69, 9.17) is 27.9 Å². The third kappa shape index (κ3) is 7.74. The van der Waals surface area contributed by atoms with Gasteiger partial charge in [0.1, 0.15) is 11.9 Å². The molecule has 0 spiro atoms. The molecule has 2 aromatic rings. The van der Waals surface area contributed by atoms with E-state index in [1.165, 1.54) is 0 Å². The molecule has 2 aromatic carbocycles. The zero-order valence-electron chi connectivity index (χ0n) is 21.9. The Morgan fingerprint density at radius 3 is 2.57 bits per heavy atom. The lowest BCUT2D eigenvalue weighted by atomic mass is 9.99. The average molecular weight is 552 g/mol. The molecular formula is C27H36Cl2N4O4. The van der Waals surface area contributed by atoms with Crippen molar-refractivity contribution in [3.05, 3.63) is 57.6 Å². The number of ether oxygens (including phenoxy) is 1. The fourth-order valence-electron chi connectivity index (χ4n) is 4.27. The molecule has 37 heavy (non-hydrogen) atoms. The number of aliphatic hydroxyl groups excluding tert-OH is 1. The molecule has 3 amide bonds. The van der Waals surface area contributed by atoms with E-state index < -0.39 is 0 Å². The number of nitrogens with zero attached hydrogens (tertiary/aromatic N) is 2. The first kappa shape index (κ1) is 29.0. The number of benzene rings is 2. The summed E-state index contributed by atoms with van der Waals surface area (Å²) in [4.78, 5) is 29.6. The van der Waals surface area contributed by atoms with Gasteiger partial charge in [0.25, 0.3) is 5.91 Å². The SMILES string of the molecule is CC(C)NC(=O)Nc1ccc2c(c1)C(=O)N([C@H](C)CO)C[C@H](C)[C@@H](CN(C)Cc1ccc(Cl)c(Cl)c1)O2. The Morgan fingerprint density at radius 1 is 1.19 bits per heavy atom. The van der Waals surface area contributed by atoms with E-state index in [0.29, 0.717) is 46.7 Å². The summed E-state index contributed by atoms with van der Waals surface area (Å²) in [5, 5.41) is 16.4. The van der Waals surface area contributed by atoms with E-state index >= 15 is 0 Å². The molecule has 0 saturated carbocycles. The molecule has 10 heteroatoms. The zero-order valence-corrected chi connectivity index (χ0v) is 23.4. The number of nitrogens with one attached hydrogen (secondary N) is 2. The van der Waals surface area contributed by atoms with Crippen LogP contribution in [0.5, 0.6) is 5.75 Å². The third-order valence-corrected chi connectivity index (χ3v) is 7.01. The van der Waals surface area contributed by atoms with Crippen LogP contribution in [0.1, 0.15) is 43.6 Å². The van der Waals surface area contributed by atoms with E-state index in [9.17, 15) is 14.7 Å². The number of hydrogen-bond acceptors (Lipinski definition) is 5. The van der Waals surface area contributed by atoms with Gasteiger partial charge in [-0.2, -0.15) is 0 Å². The van der Waals surface area contributed by atoms with Crippen molar-refractivity contribution in [1.29, 1.82) is 0 Å². The Morgan fingerprint density at radius 2 is 1.92 bits per heavy atom. The highest BCUT2D eigenvalue weighted by Gasteiger charge is 2.33. The molecular weight excluding hydrogens is 515 g/mol. The highest BCUT2D eigenvalue weighted by Crippen LogP contribution is 2.31. The average Bonchev–Trinajstić information content (AvgIpc) is 2.83. The summed E-state index contributed by atoms with van der Waals surface area (Å²) < 4.78 is 6.43. The van der Waals surface area contributed by atoms with Crippen LogP contribution < -0.4 is 15.4 Å². The molecule has 0 bridgehead atoms. The fraction of sp³-hybridized carbons (Fsp3) is 0.481. The first-order chi connectivity index (χ1) is 17.5. The van der Waals surface area contributed by atoms with Crippen molar-refractivity contribution in [3.8, 4) is 5.75 Å². The Kier molecular flexibility index (Phi) is 10.1. The number of likely N-dealkylation sites (N-methyl/N-ethyl adjacent to an activating group) is 1. The standard InChI is InChI=1S/C27H36Cl2N4O4/c1-16(2)30-27(36)31-20-7-9-24-21(11-20)26(35)33(18(4)15-34)12-17(3)25(37-24)14-32(5)13-19-6-8-22(28)23(29)10-19/h6-11,16-18,25,34H,12-15H2,1-5H3,(H2,30,31,36)/t17-,18+,25+/m0/s1. The molecule has 0 fully saturated rings. The van der Waals surface area contributed by atoms with Crippen LogP contribution in [0.2, 0.25) is 10.0 Å². The van der Waals surface area contributed by atoms with Crippen LogP contribution in [-0.2, 0) is 6.54 Å². The highest BCUT2D eigenvalue weighted by atomic mass is 35.5. The van der Waals surface area contributed by atoms with Crippen LogP contribution in [0.15, 0.2) is 36.4 Å². The van der Waals surface area contributed by atoms with Crippen LogP contribution >= 0.6 is 23.2 Å². The molecule has 1 heterocycles. The second-order valence-corrected chi connectivity index (χ2v) is 10.8. The molecule has 0 aromatic heterocycles. The number of carbonyl (C=O) groups excluding carboxylic acids is 2. The van der Waals surface area contributed by atoms with Gasteiger partial charge in [0.05, 0.1) is 28.3 Å². The smallest absolute Gasteiger partial charge is 0.319 e. The van der Waals surface area contributed by atoms with Crippen molar-refractivity contribution in [1.82, 2.24) is 15.1 Å². The number of halogens is 2. The normalized spacial score (nSPS) is 18.6. The van der Waals surface area contributed by atoms with Crippen LogP contribution in [0.25, 0.3) is 0 Å². The van der Waals surface area contributed by atoms with E-state index in [2.05, 4.69) is 15.5 Å². The molecule has 1 aliphatic heterocycles. The van der Waals surface area contributed by atoms with Crippen molar-refractivity contribution < 1.29 is 19.4 Å². The lowest BCUT2D eigenvalue weighted by Gasteiger charge is -2.38. The minimum absolute atomic E-state index is 0.0167. The summed E-state index contributed by atoms with van der Waals surface area (Å²) >= 11 is 12.2. The Bertz CT molecular complexity index is 1110. The van der Waals surface area contributed by atoms with Crippen LogP contribution in [0, 0.1) is 5.92 Å². The topological polar surface area (TPSA) is 94.1 Å². The van der Waals surface area contributed by atoms with Gasteiger partial charge in [-0.3, -0.25) is 9.69 Å². The quantitative estimate of drug-likeness (QED) is 0.435. The molecule has 0 aliphatic carbocycles. The Hall–Kier alpha value is -2.52. The number of aliphatic hydroxyl groups is 1. The number of hydrogen-bond donors (Lipinski definition) is 3. The first-order valence-corrected chi connectivity index (χ1v) is 13.2. The van der Waals surface area contributed by atoms with E-state index in [1.54, 1.807) is 29.2 Å². The molecule has 1 aliphatic rings. The molecule has 0 saturated heterocycles. The predicted molar refractivity (Wildman–Crippen MR) is 148 cm³/mol. The van der Waals surface area contributed by atoms with Crippen molar-refractivity contribution >= 4 is 40.8 Å². The van der Waals surface area contributed by atoms with Gasteiger partial charge in [-0.15, -0.1) is 0 Å². The maximum atomic E-state index is 13.6. The van der Waals surface area contributed by atoms with Gasteiger partial charge >= 0.3 is 6.03 Å². The summed E-state index contributed by atoms with van der Waals surface area (Å²) in [6.07, 6.45) is -0.240. The van der Waals surface area contributed by atoms with E-state index in [1.807, 2.05) is 46.9 Å². The van der Waals surface area contributed by atoms with Crippen molar-refractivity contribution in [2.75, 3.05) is 32.1 Å². The summed E-state index contributed by atoms with van der Waals surface area (Å²) in [7, 11) is 2.00. The molecule has 3 rings (SSSR count). The van der Waals surface area contributed by atoms with Crippen molar-refractivity contribution in [2.24, 2.45) is 5.92 Å². The summed E-state index contributed by atoms with van der Waals surface area (Å²) in [6, 6.07) is 9.87. The van der Waals surface area contributed by atoms with Gasteiger partial charge in [0, 0.05) is 37.3 Å². The number of carbonyl (C=O) groups is 2. The molecule has 0 unspecified atom stereocenters. The Balaban J connectivity index is 1.87. The minimum atomic E-state index is -0.378. The summed E-state index contributed by atoms with van der Waals surface area (Å²) in [5.74, 6) is 0.172. The Labute approximate surface area is 228 Å². The number of anilines is 1. The second kappa shape index (κ2) is 12.8. The van der Waals surface area contributed by atoms with Crippen LogP contribution in [0.3, 0.4) is 0 Å². The van der Waals surface area contributed by atoms with Crippen LogP contribution in [0.4, 0.5) is 10.5 Å². The second-order valence-electron chi connectivity index (χ2n) is 10.0. The van der Waals surface area contributed by atoms with Gasteiger partial charge in [0.2, 0.25) is 0 Å². The largest absolute Gasteiger partial charge is 0.488 e. The maximum absolute atomic E-state index is 13.6. The number of urea groups is 1. The summed E-state index contributed by atoms with van der Waals surface area (Å²) in [5.41, 5.74) is 1.84. The lowest BCUT2D eigenvalue weighted by Crippen LogP contribution is -2.49. The highest BCUT2D eigenvalue weighted by molar-refractivity contribution is 6.42. The van der Waals surface area contributed by atoms with Crippen LogP contribution in [-0.4, -0.2) is 71.8 Å². The van der Waals surface area contributed by atoms with Crippen molar-refractivity contribution in [2.45, 2.75) is 52.4 Å². The molecule has 8 nitrogen and oxygen atoms in total. The van der Waals surface area contributed by atoms with Gasteiger partial charge < -0.3 is 25.4 Å². The number of rotatable bonds is 8. The van der Waals surface area contributed by atoms with Gasteiger partial charge in [-0.05, 0) is 63.7 Å².